The predicted molar refractivity (Wildman–Crippen MR) is 214 cm³/mol. The van der Waals surface area contributed by atoms with Crippen LogP contribution >= 0.6 is 0 Å². The summed E-state index contributed by atoms with van der Waals surface area (Å²) in [6.07, 6.45) is 0.762. The van der Waals surface area contributed by atoms with Crippen molar-refractivity contribution in [2.45, 2.75) is 63.6 Å². The molecule has 0 radical (unpaired) electrons. The van der Waals surface area contributed by atoms with Crippen LogP contribution in [0, 0.1) is 0 Å². The van der Waals surface area contributed by atoms with Crippen molar-refractivity contribution in [3.63, 3.8) is 0 Å². The minimum Gasteiger partial charge on any atom is -0.493 e. The molecule has 6 aromatic rings. The maximum Gasteiger partial charge on any atom is 0.169 e. The molecular formula is C48H50O5. The van der Waals surface area contributed by atoms with Crippen molar-refractivity contribution in [2.75, 3.05) is 14.2 Å². The Kier molecular flexibility index (Phi) is 11.9. The maximum absolute atomic E-state index is 7.50. The molecule has 53 heavy (non-hydrogen) atoms. The third-order valence-corrected chi connectivity index (χ3v) is 9.89. The highest BCUT2D eigenvalue weighted by atomic mass is 16.5. The highest BCUT2D eigenvalue weighted by Crippen LogP contribution is 2.46. The SMILES string of the molecule is COc1ccc(C(CC(C)(C)c2ccccc2)OC(CC(C)(C)c2ccccc2)c2ccc(OC)c(Oc3ccccc3)c2)cc1Oc1ccccc1. The van der Waals surface area contributed by atoms with Crippen LogP contribution in [0.5, 0.6) is 34.5 Å². The Hall–Kier alpha value is -5.52. The second-order valence-electron chi connectivity index (χ2n) is 14.7. The summed E-state index contributed by atoms with van der Waals surface area (Å²) in [5, 5.41) is 0. The minimum atomic E-state index is -0.327. The Balaban J connectivity index is 1.45. The lowest BCUT2D eigenvalue weighted by Crippen LogP contribution is -2.26. The van der Waals surface area contributed by atoms with Crippen molar-refractivity contribution < 1.29 is 23.7 Å². The van der Waals surface area contributed by atoms with Gasteiger partial charge in [-0.3, -0.25) is 0 Å². The first kappa shape index (κ1) is 37.2. The van der Waals surface area contributed by atoms with Crippen LogP contribution in [-0.2, 0) is 15.6 Å². The molecule has 0 aliphatic heterocycles. The van der Waals surface area contributed by atoms with E-state index in [9.17, 15) is 0 Å². The molecule has 2 unspecified atom stereocenters. The van der Waals surface area contributed by atoms with E-state index in [0.717, 1.165) is 22.6 Å². The van der Waals surface area contributed by atoms with Crippen LogP contribution in [0.25, 0.3) is 0 Å². The van der Waals surface area contributed by atoms with Crippen LogP contribution in [0.3, 0.4) is 0 Å². The van der Waals surface area contributed by atoms with Gasteiger partial charge in [0.1, 0.15) is 11.5 Å². The van der Waals surface area contributed by atoms with E-state index in [0.29, 0.717) is 35.8 Å². The number of para-hydroxylation sites is 2. The van der Waals surface area contributed by atoms with E-state index in [4.69, 9.17) is 23.7 Å². The fourth-order valence-electron chi connectivity index (χ4n) is 6.81. The number of benzene rings is 6. The zero-order chi connectivity index (χ0) is 37.3. The van der Waals surface area contributed by atoms with E-state index >= 15 is 0 Å². The summed E-state index contributed by atoms with van der Waals surface area (Å²) in [7, 11) is 3.33. The van der Waals surface area contributed by atoms with Gasteiger partial charge < -0.3 is 23.7 Å². The molecule has 0 fully saturated rings. The summed E-state index contributed by atoms with van der Waals surface area (Å²) >= 11 is 0. The summed E-state index contributed by atoms with van der Waals surface area (Å²) in [5.74, 6) is 4.03. The maximum atomic E-state index is 7.50. The molecular weight excluding hydrogens is 657 g/mol. The Morgan fingerprint density at radius 2 is 0.755 bits per heavy atom. The van der Waals surface area contributed by atoms with Gasteiger partial charge in [-0.1, -0.05) is 137 Å². The highest BCUT2D eigenvalue weighted by Gasteiger charge is 2.33. The number of ether oxygens (including phenoxy) is 5. The molecule has 0 heterocycles. The molecule has 0 saturated carbocycles. The number of rotatable bonds is 16. The van der Waals surface area contributed by atoms with Crippen molar-refractivity contribution in [3.05, 3.63) is 180 Å². The molecule has 0 saturated heterocycles. The minimum absolute atomic E-state index is 0.229. The zero-order valence-corrected chi connectivity index (χ0v) is 31.6. The normalized spacial score (nSPS) is 12.8. The highest BCUT2D eigenvalue weighted by molar-refractivity contribution is 5.48. The van der Waals surface area contributed by atoms with Crippen LogP contribution in [0.2, 0.25) is 0 Å². The second-order valence-corrected chi connectivity index (χ2v) is 14.7. The molecule has 0 amide bonds. The first-order valence-electron chi connectivity index (χ1n) is 18.2. The van der Waals surface area contributed by atoms with Gasteiger partial charge in [0.25, 0.3) is 0 Å². The van der Waals surface area contributed by atoms with Gasteiger partial charge in [-0.05, 0) is 94.5 Å². The largest absolute Gasteiger partial charge is 0.493 e. The Morgan fingerprint density at radius 3 is 1.09 bits per heavy atom. The van der Waals surface area contributed by atoms with Gasteiger partial charge in [0.2, 0.25) is 0 Å². The summed E-state index contributed by atoms with van der Waals surface area (Å²) in [5.41, 5.74) is 4.02. The zero-order valence-electron chi connectivity index (χ0n) is 31.6. The third-order valence-electron chi connectivity index (χ3n) is 9.89. The molecule has 6 rings (SSSR count). The molecule has 0 spiro atoms. The summed E-state index contributed by atoms with van der Waals surface area (Å²) in [6.45, 7) is 9.13. The van der Waals surface area contributed by atoms with Crippen LogP contribution < -0.4 is 18.9 Å². The quantitative estimate of drug-likeness (QED) is 0.100. The van der Waals surface area contributed by atoms with Gasteiger partial charge in [0.05, 0.1) is 26.4 Å². The Bertz CT molecular complexity index is 1880. The van der Waals surface area contributed by atoms with Crippen LogP contribution in [0.4, 0.5) is 0 Å². The first-order valence-corrected chi connectivity index (χ1v) is 18.2. The molecule has 5 nitrogen and oxygen atoms in total. The molecule has 0 N–H and O–H groups in total. The molecule has 0 aromatic heterocycles. The number of hydrogen-bond acceptors (Lipinski definition) is 5. The van der Waals surface area contributed by atoms with Gasteiger partial charge in [0.15, 0.2) is 23.0 Å². The molecule has 0 aliphatic carbocycles. The molecule has 0 bridgehead atoms. The smallest absolute Gasteiger partial charge is 0.169 e. The fraction of sp³-hybridized carbons (Fsp3) is 0.250. The Morgan fingerprint density at radius 1 is 0.415 bits per heavy atom. The van der Waals surface area contributed by atoms with Crippen LogP contribution in [-0.4, -0.2) is 14.2 Å². The van der Waals surface area contributed by atoms with E-state index in [-0.39, 0.29) is 23.0 Å². The lowest BCUT2D eigenvalue weighted by atomic mass is 9.77. The fourth-order valence-corrected chi connectivity index (χ4v) is 6.81. The summed E-state index contributed by atoms with van der Waals surface area (Å²) in [4.78, 5) is 0. The Labute approximate surface area is 315 Å². The molecule has 6 aromatic carbocycles. The van der Waals surface area contributed by atoms with Crippen molar-refractivity contribution in [1.82, 2.24) is 0 Å². The van der Waals surface area contributed by atoms with Gasteiger partial charge in [-0.15, -0.1) is 0 Å². The lowest BCUT2D eigenvalue weighted by molar-refractivity contribution is -0.0413. The van der Waals surface area contributed by atoms with E-state index < -0.39 is 0 Å². The monoisotopic (exact) mass is 706 g/mol. The molecule has 272 valence electrons. The predicted octanol–water partition coefficient (Wildman–Crippen LogP) is 12.8. The van der Waals surface area contributed by atoms with Crippen molar-refractivity contribution >= 4 is 0 Å². The lowest BCUT2D eigenvalue weighted by Gasteiger charge is -2.36. The molecule has 2 atom stereocenters. The average Bonchev–Trinajstić information content (AvgIpc) is 3.18. The van der Waals surface area contributed by atoms with Crippen LogP contribution in [0.15, 0.2) is 158 Å². The van der Waals surface area contributed by atoms with Gasteiger partial charge in [0, 0.05) is 0 Å². The first-order chi connectivity index (χ1) is 25.6. The average molecular weight is 707 g/mol. The van der Waals surface area contributed by atoms with Crippen LogP contribution in [0.1, 0.15) is 75.0 Å². The van der Waals surface area contributed by atoms with Crippen molar-refractivity contribution in [2.24, 2.45) is 0 Å². The van der Waals surface area contributed by atoms with Gasteiger partial charge in [-0.25, -0.2) is 0 Å². The summed E-state index contributed by atoms with van der Waals surface area (Å²) in [6, 6.07) is 53.1. The second kappa shape index (κ2) is 16.9. The van der Waals surface area contributed by atoms with Gasteiger partial charge >= 0.3 is 0 Å². The standard InChI is InChI=1S/C48H50O5/c1-47(2,37-19-11-7-12-20-37)33-45(35-27-29-41(49-5)43(31-35)51-39-23-15-9-16-24-39)53-46(34-48(3,4)38-21-13-8-14-22-38)36-28-30-42(50-6)44(32-36)52-40-25-17-10-18-26-40/h7-32,45-46H,33-34H2,1-6H3. The number of methoxy groups -OCH3 is 2. The van der Waals surface area contributed by atoms with Crippen molar-refractivity contribution in [1.29, 1.82) is 0 Å². The van der Waals surface area contributed by atoms with E-state index in [1.54, 1.807) is 14.2 Å². The molecule has 5 heteroatoms. The third kappa shape index (κ3) is 9.48. The van der Waals surface area contributed by atoms with E-state index in [1.165, 1.54) is 11.1 Å². The number of hydrogen-bond donors (Lipinski definition) is 0. The van der Waals surface area contributed by atoms with E-state index in [2.05, 4.69) is 113 Å². The topological polar surface area (TPSA) is 46.2 Å². The summed E-state index contributed by atoms with van der Waals surface area (Å²) < 4.78 is 31.9. The van der Waals surface area contributed by atoms with Crippen molar-refractivity contribution in [3.8, 4) is 34.5 Å². The van der Waals surface area contributed by atoms with Gasteiger partial charge in [-0.2, -0.15) is 0 Å². The van der Waals surface area contributed by atoms with E-state index in [1.807, 2.05) is 72.8 Å². The molecule has 0 aliphatic rings.